The Bertz CT molecular complexity index is 1970. The molecule has 0 aliphatic heterocycles. The second-order valence-electron chi connectivity index (χ2n) is 11.5. The summed E-state index contributed by atoms with van der Waals surface area (Å²) in [6.07, 6.45) is 0. The summed E-state index contributed by atoms with van der Waals surface area (Å²) in [5.41, 5.74) is 3.42. The lowest BCUT2D eigenvalue weighted by Gasteiger charge is -2.27. The molecule has 0 saturated heterocycles. The van der Waals surface area contributed by atoms with Crippen LogP contribution in [-0.4, -0.2) is 40.4 Å². The Balaban J connectivity index is 1.57. The Labute approximate surface area is 250 Å². The van der Waals surface area contributed by atoms with E-state index in [0.717, 1.165) is 16.7 Å². The average Bonchev–Trinajstić information content (AvgIpc) is 3.00. The average molecular weight is 596 g/mol. The maximum Gasteiger partial charge on any atom is 0.335 e. The molecule has 1 heterocycles. The van der Waals surface area contributed by atoms with Gasteiger partial charge in [0, 0.05) is 7.05 Å². The highest BCUT2D eigenvalue weighted by molar-refractivity contribution is 7.89. The topological polar surface area (TPSA) is 110 Å². The Morgan fingerprint density at radius 3 is 1.98 bits per heavy atom. The molecule has 5 aromatic rings. The van der Waals surface area contributed by atoms with Gasteiger partial charge < -0.3 is 5.11 Å². The first-order valence-electron chi connectivity index (χ1n) is 13.8. The van der Waals surface area contributed by atoms with E-state index in [9.17, 15) is 23.1 Å². The van der Waals surface area contributed by atoms with Gasteiger partial charge in [0.15, 0.2) is 0 Å². The first-order chi connectivity index (χ1) is 20.3. The van der Waals surface area contributed by atoms with Crippen molar-refractivity contribution in [1.29, 1.82) is 0 Å². The molecule has 220 valence electrons. The molecule has 4 aromatic carbocycles. The predicted molar refractivity (Wildman–Crippen MR) is 168 cm³/mol. The number of benzene rings is 4. The number of nitrogens with zero attached hydrogens (tertiary/aromatic N) is 3. The Morgan fingerprint density at radius 2 is 1.42 bits per heavy atom. The summed E-state index contributed by atoms with van der Waals surface area (Å²) < 4.78 is 30.2. The van der Waals surface area contributed by atoms with Crippen molar-refractivity contribution in [2.24, 2.45) is 0 Å². The maximum absolute atomic E-state index is 13.9. The van der Waals surface area contributed by atoms with Crippen LogP contribution in [-0.2, 0) is 15.4 Å². The second-order valence-corrected chi connectivity index (χ2v) is 13.5. The number of para-hydroxylation sites is 1. The van der Waals surface area contributed by atoms with E-state index in [2.05, 4.69) is 20.8 Å². The van der Waals surface area contributed by atoms with E-state index in [1.165, 1.54) is 28.1 Å². The molecule has 9 heteroatoms. The quantitative estimate of drug-likeness (QED) is 0.232. The van der Waals surface area contributed by atoms with Crippen molar-refractivity contribution in [2.45, 2.75) is 44.0 Å². The number of carboxylic acids is 1. The van der Waals surface area contributed by atoms with Gasteiger partial charge in [-0.1, -0.05) is 69.3 Å². The van der Waals surface area contributed by atoms with Gasteiger partial charge in [-0.2, -0.15) is 4.31 Å². The van der Waals surface area contributed by atoms with Crippen LogP contribution < -0.4 is 5.56 Å². The summed E-state index contributed by atoms with van der Waals surface area (Å²) in [6.45, 7) is 7.91. The van der Waals surface area contributed by atoms with Gasteiger partial charge in [-0.25, -0.2) is 18.2 Å². The van der Waals surface area contributed by atoms with E-state index in [0.29, 0.717) is 16.6 Å². The van der Waals surface area contributed by atoms with Crippen molar-refractivity contribution in [3.8, 4) is 16.8 Å². The van der Waals surface area contributed by atoms with E-state index in [1.807, 2.05) is 24.3 Å². The number of aromatic carboxylic acids is 1. The van der Waals surface area contributed by atoms with Gasteiger partial charge in [0.1, 0.15) is 5.82 Å². The smallest absolute Gasteiger partial charge is 0.335 e. The minimum Gasteiger partial charge on any atom is -0.478 e. The molecule has 0 spiro atoms. The van der Waals surface area contributed by atoms with Crippen molar-refractivity contribution in [1.82, 2.24) is 13.9 Å². The molecular weight excluding hydrogens is 562 g/mol. The molecule has 0 saturated carbocycles. The van der Waals surface area contributed by atoms with Crippen LogP contribution in [0.4, 0.5) is 0 Å². The molecule has 1 N–H and O–H groups in total. The van der Waals surface area contributed by atoms with Crippen molar-refractivity contribution < 1.29 is 18.3 Å². The maximum atomic E-state index is 13.9. The summed E-state index contributed by atoms with van der Waals surface area (Å²) in [7, 11) is -2.44. The molecular formula is C34H33N3O5S. The van der Waals surface area contributed by atoms with Crippen molar-refractivity contribution in [3.63, 3.8) is 0 Å². The fourth-order valence-corrected chi connectivity index (χ4v) is 6.27. The Hall–Kier alpha value is -4.60. The monoisotopic (exact) mass is 595 g/mol. The van der Waals surface area contributed by atoms with E-state index < -0.39 is 22.0 Å². The molecule has 1 atom stereocenters. The molecule has 0 fully saturated rings. The first-order valence-corrected chi connectivity index (χ1v) is 15.3. The normalized spacial score (nSPS) is 12.9. The number of fused-ring (bicyclic) bond motifs is 1. The van der Waals surface area contributed by atoms with Crippen LogP contribution in [0.1, 0.15) is 55.5 Å². The van der Waals surface area contributed by atoms with Crippen molar-refractivity contribution in [3.05, 3.63) is 124 Å². The number of carbonyl (C=O) groups is 1. The summed E-state index contributed by atoms with van der Waals surface area (Å²) in [5, 5.41) is 9.61. The zero-order valence-corrected chi connectivity index (χ0v) is 25.5. The van der Waals surface area contributed by atoms with Gasteiger partial charge >= 0.3 is 5.97 Å². The number of hydrogen-bond donors (Lipinski definition) is 1. The van der Waals surface area contributed by atoms with Crippen molar-refractivity contribution >= 4 is 26.9 Å². The molecule has 0 aliphatic carbocycles. The van der Waals surface area contributed by atoms with Crippen molar-refractivity contribution in [2.75, 3.05) is 7.05 Å². The summed E-state index contributed by atoms with van der Waals surface area (Å²) in [4.78, 5) is 30.1. The largest absolute Gasteiger partial charge is 0.478 e. The SMILES string of the molecule is CC(c1nc2ccccc2c(=O)n1-c1ccc(-c2ccc(C(=O)O)cc2)cc1)N(C)S(=O)(=O)c1ccc(C(C)(C)C)cc1. The Kier molecular flexibility index (Phi) is 7.81. The number of rotatable bonds is 7. The third-order valence-electron chi connectivity index (χ3n) is 7.71. The summed E-state index contributed by atoms with van der Waals surface area (Å²) in [6, 6.07) is 26.8. The van der Waals surface area contributed by atoms with Gasteiger partial charge in [0.05, 0.1) is 33.1 Å². The standard InChI is InChI=1S/C34H33N3O5S/c1-22(36(5)43(41,42)28-20-16-26(17-21-28)34(2,3)4)31-35-30-9-7-6-8-29(30)32(38)37(31)27-18-14-24(15-19-27)23-10-12-25(13-11-23)33(39)40/h6-22H,1-5H3,(H,39,40). The molecule has 0 aliphatic rings. The summed E-state index contributed by atoms with van der Waals surface area (Å²) >= 11 is 0. The zero-order chi connectivity index (χ0) is 31.1. The van der Waals surface area contributed by atoms with Gasteiger partial charge in [-0.3, -0.25) is 9.36 Å². The van der Waals surface area contributed by atoms with Crippen LogP contribution in [0.15, 0.2) is 107 Å². The van der Waals surface area contributed by atoms with Crippen LogP contribution in [0.25, 0.3) is 27.7 Å². The molecule has 0 radical (unpaired) electrons. The molecule has 0 bridgehead atoms. The van der Waals surface area contributed by atoms with Gasteiger partial charge in [-0.05, 0) is 77.6 Å². The molecule has 1 unspecified atom stereocenters. The van der Waals surface area contributed by atoms with Gasteiger partial charge in [0.2, 0.25) is 10.0 Å². The fraction of sp³-hybridized carbons (Fsp3) is 0.206. The second kappa shape index (κ2) is 11.2. The number of aromatic nitrogens is 2. The van der Waals surface area contributed by atoms with Gasteiger partial charge in [0.25, 0.3) is 5.56 Å². The minimum absolute atomic E-state index is 0.121. The van der Waals surface area contributed by atoms with E-state index in [-0.39, 0.29) is 27.3 Å². The molecule has 43 heavy (non-hydrogen) atoms. The third kappa shape index (κ3) is 5.74. The van der Waals surface area contributed by atoms with Crippen LogP contribution in [0, 0.1) is 0 Å². The predicted octanol–water partition coefficient (Wildman–Crippen LogP) is 6.43. The lowest BCUT2D eigenvalue weighted by molar-refractivity contribution is 0.0697. The highest BCUT2D eigenvalue weighted by Crippen LogP contribution is 2.30. The van der Waals surface area contributed by atoms with Crippen LogP contribution in [0.2, 0.25) is 0 Å². The number of hydrogen-bond acceptors (Lipinski definition) is 5. The van der Waals surface area contributed by atoms with Crippen LogP contribution in [0.3, 0.4) is 0 Å². The fourth-order valence-electron chi connectivity index (χ4n) is 4.95. The first kappa shape index (κ1) is 29.9. The highest BCUT2D eigenvalue weighted by atomic mass is 32.2. The number of sulfonamides is 1. The number of carboxylic acid groups (broad SMARTS) is 1. The lowest BCUT2D eigenvalue weighted by atomic mass is 9.87. The minimum atomic E-state index is -3.93. The van der Waals surface area contributed by atoms with Crippen LogP contribution >= 0.6 is 0 Å². The molecule has 5 rings (SSSR count). The molecule has 1 aromatic heterocycles. The van der Waals surface area contributed by atoms with Gasteiger partial charge in [-0.15, -0.1) is 0 Å². The van der Waals surface area contributed by atoms with E-state index in [4.69, 9.17) is 4.98 Å². The lowest BCUT2D eigenvalue weighted by Crippen LogP contribution is -2.35. The zero-order valence-electron chi connectivity index (χ0n) is 24.6. The highest BCUT2D eigenvalue weighted by Gasteiger charge is 2.30. The van der Waals surface area contributed by atoms with E-state index >= 15 is 0 Å². The third-order valence-corrected chi connectivity index (χ3v) is 9.65. The molecule has 0 amide bonds. The summed E-state index contributed by atoms with van der Waals surface area (Å²) in [5.74, 6) is -0.722. The van der Waals surface area contributed by atoms with Crippen LogP contribution in [0.5, 0.6) is 0 Å². The Morgan fingerprint density at radius 1 is 0.860 bits per heavy atom. The van der Waals surface area contributed by atoms with E-state index in [1.54, 1.807) is 67.6 Å². The molecule has 8 nitrogen and oxygen atoms in total.